The molecule has 6 nitrogen and oxygen atoms in total. The number of rotatable bonds is 5. The summed E-state index contributed by atoms with van der Waals surface area (Å²) in [6.45, 7) is 3.05. The van der Waals surface area contributed by atoms with Crippen LogP contribution in [-0.2, 0) is 13.1 Å². The van der Waals surface area contributed by atoms with Gasteiger partial charge in [-0.2, -0.15) is 0 Å². The van der Waals surface area contributed by atoms with Crippen LogP contribution >= 0.6 is 24.0 Å². The lowest BCUT2D eigenvalue weighted by Crippen LogP contribution is -2.38. The van der Waals surface area contributed by atoms with Crippen LogP contribution in [0.5, 0.6) is 0 Å². The molecule has 28 heavy (non-hydrogen) atoms. The summed E-state index contributed by atoms with van der Waals surface area (Å²) < 4.78 is 15.4. The van der Waals surface area contributed by atoms with Crippen LogP contribution in [0.25, 0.3) is 5.82 Å². The molecule has 0 atom stereocenters. The third-order valence-electron chi connectivity index (χ3n) is 4.24. The van der Waals surface area contributed by atoms with Crippen molar-refractivity contribution in [3.8, 4) is 5.82 Å². The van der Waals surface area contributed by atoms with E-state index in [4.69, 9.17) is 0 Å². The number of hydrogen-bond donors (Lipinski definition) is 1. The number of hydrogen-bond acceptors (Lipinski definition) is 3. The third kappa shape index (κ3) is 5.28. The predicted octanol–water partition coefficient (Wildman–Crippen LogP) is 3.54. The molecule has 0 spiro atoms. The maximum absolute atomic E-state index is 13.4. The van der Waals surface area contributed by atoms with Crippen molar-refractivity contribution in [2.45, 2.75) is 20.0 Å². The van der Waals surface area contributed by atoms with E-state index in [-0.39, 0.29) is 29.8 Å². The molecule has 3 aromatic rings. The zero-order valence-electron chi connectivity index (χ0n) is 16.1. The molecule has 2 aromatic heterocycles. The van der Waals surface area contributed by atoms with Crippen LogP contribution in [0.3, 0.4) is 0 Å². The summed E-state index contributed by atoms with van der Waals surface area (Å²) in [5.41, 5.74) is 1.91. The van der Waals surface area contributed by atoms with Gasteiger partial charge in [0.2, 0.25) is 0 Å². The first-order valence-electron chi connectivity index (χ1n) is 8.69. The fraction of sp³-hybridized carbons (Fsp3) is 0.250. The van der Waals surface area contributed by atoms with Gasteiger partial charge in [0.1, 0.15) is 17.5 Å². The van der Waals surface area contributed by atoms with Gasteiger partial charge < -0.3 is 10.2 Å². The number of pyridine rings is 1. The molecule has 0 fully saturated rings. The van der Waals surface area contributed by atoms with Gasteiger partial charge >= 0.3 is 0 Å². The van der Waals surface area contributed by atoms with Gasteiger partial charge in [0, 0.05) is 51.3 Å². The summed E-state index contributed by atoms with van der Waals surface area (Å²) >= 11 is 0. The van der Waals surface area contributed by atoms with Crippen molar-refractivity contribution >= 4 is 29.9 Å². The highest BCUT2D eigenvalue weighted by atomic mass is 127. The normalized spacial score (nSPS) is 11.1. The Balaban J connectivity index is 0.00000280. The molecule has 0 radical (unpaired) electrons. The maximum atomic E-state index is 13.4. The molecule has 3 rings (SSSR count). The van der Waals surface area contributed by atoms with Gasteiger partial charge in [-0.3, -0.25) is 9.56 Å². The Morgan fingerprint density at radius 1 is 1.21 bits per heavy atom. The van der Waals surface area contributed by atoms with Gasteiger partial charge in [-0.15, -0.1) is 24.0 Å². The number of imidazole rings is 1. The lowest BCUT2D eigenvalue weighted by Gasteiger charge is -2.22. The molecule has 0 aliphatic heterocycles. The van der Waals surface area contributed by atoms with Crippen LogP contribution in [0, 0.1) is 12.7 Å². The fourth-order valence-electron chi connectivity index (χ4n) is 2.93. The first kappa shape index (κ1) is 21.8. The smallest absolute Gasteiger partial charge is 0.193 e. The first-order chi connectivity index (χ1) is 13.1. The van der Waals surface area contributed by atoms with E-state index in [9.17, 15) is 4.39 Å². The Bertz CT molecular complexity index is 940. The van der Waals surface area contributed by atoms with Crippen LogP contribution in [0.15, 0.2) is 60.0 Å². The highest BCUT2D eigenvalue weighted by molar-refractivity contribution is 14.0. The Kier molecular flexibility index (Phi) is 7.91. The van der Waals surface area contributed by atoms with E-state index in [1.54, 1.807) is 25.5 Å². The van der Waals surface area contributed by atoms with Crippen molar-refractivity contribution in [2.24, 2.45) is 4.99 Å². The standard InChI is InChI=1S/C20H23FN6.HI/c1-15-23-10-11-27(15)19-17(7-5-9-24-19)13-25-20(22-2)26(3)14-16-6-4-8-18(21)12-16;/h4-12H,13-14H2,1-3H3,(H,22,25);1H. The molecule has 0 unspecified atom stereocenters. The quantitative estimate of drug-likeness (QED) is 0.335. The van der Waals surface area contributed by atoms with E-state index in [0.717, 1.165) is 28.7 Å². The average Bonchev–Trinajstić information content (AvgIpc) is 3.08. The van der Waals surface area contributed by atoms with Crippen LogP contribution in [-0.4, -0.2) is 39.5 Å². The summed E-state index contributed by atoms with van der Waals surface area (Å²) in [5, 5.41) is 3.35. The second kappa shape index (κ2) is 10.2. The maximum Gasteiger partial charge on any atom is 0.193 e. The predicted molar refractivity (Wildman–Crippen MR) is 120 cm³/mol. The summed E-state index contributed by atoms with van der Waals surface area (Å²) in [7, 11) is 3.65. The Hall–Kier alpha value is -2.49. The minimum atomic E-state index is -0.237. The van der Waals surface area contributed by atoms with Crippen molar-refractivity contribution in [3.05, 3.63) is 77.8 Å². The molecule has 2 heterocycles. The molecule has 1 N–H and O–H groups in total. The fourth-order valence-corrected chi connectivity index (χ4v) is 2.93. The topological polar surface area (TPSA) is 58.3 Å². The monoisotopic (exact) mass is 494 g/mol. The molecule has 8 heteroatoms. The van der Waals surface area contributed by atoms with E-state index >= 15 is 0 Å². The summed E-state index contributed by atoms with van der Waals surface area (Å²) in [6, 6.07) is 10.5. The molecule has 0 aliphatic rings. The lowest BCUT2D eigenvalue weighted by molar-refractivity contribution is 0.474. The molecular weight excluding hydrogens is 470 g/mol. The van der Waals surface area contributed by atoms with Crippen molar-refractivity contribution in [3.63, 3.8) is 0 Å². The molecule has 0 amide bonds. The van der Waals surface area contributed by atoms with Crippen molar-refractivity contribution in [1.82, 2.24) is 24.8 Å². The van der Waals surface area contributed by atoms with Crippen LogP contribution in [0.4, 0.5) is 4.39 Å². The third-order valence-corrected chi connectivity index (χ3v) is 4.24. The number of benzene rings is 1. The van der Waals surface area contributed by atoms with Crippen LogP contribution in [0.1, 0.15) is 17.0 Å². The number of aryl methyl sites for hydroxylation is 1. The van der Waals surface area contributed by atoms with Gasteiger partial charge in [0.05, 0.1) is 0 Å². The summed E-state index contributed by atoms with van der Waals surface area (Å²) in [6.07, 6.45) is 5.42. The Morgan fingerprint density at radius 2 is 2.04 bits per heavy atom. The zero-order chi connectivity index (χ0) is 19.2. The van der Waals surface area contributed by atoms with E-state index in [1.807, 2.05) is 47.8 Å². The van der Waals surface area contributed by atoms with Gasteiger partial charge in [0.25, 0.3) is 0 Å². The van der Waals surface area contributed by atoms with E-state index in [0.29, 0.717) is 13.1 Å². The van der Waals surface area contributed by atoms with Crippen molar-refractivity contribution < 1.29 is 4.39 Å². The molecule has 0 saturated carbocycles. The minimum absolute atomic E-state index is 0. The molecule has 148 valence electrons. The molecule has 1 aromatic carbocycles. The molecule has 0 aliphatic carbocycles. The van der Waals surface area contributed by atoms with Gasteiger partial charge in [-0.1, -0.05) is 18.2 Å². The Morgan fingerprint density at radius 3 is 2.71 bits per heavy atom. The number of guanidine groups is 1. The van der Waals surface area contributed by atoms with Crippen LogP contribution in [0.2, 0.25) is 0 Å². The van der Waals surface area contributed by atoms with E-state index < -0.39 is 0 Å². The number of halogens is 2. The number of aromatic nitrogens is 3. The summed E-state index contributed by atoms with van der Waals surface area (Å²) in [4.78, 5) is 15.0. The highest BCUT2D eigenvalue weighted by Crippen LogP contribution is 2.13. The average molecular weight is 494 g/mol. The largest absolute Gasteiger partial charge is 0.352 e. The molecule has 0 bridgehead atoms. The Labute approximate surface area is 181 Å². The van der Waals surface area contributed by atoms with Crippen molar-refractivity contribution in [2.75, 3.05) is 14.1 Å². The van der Waals surface area contributed by atoms with Crippen molar-refractivity contribution in [1.29, 1.82) is 0 Å². The SMILES string of the molecule is CN=C(NCc1cccnc1-n1ccnc1C)N(C)Cc1cccc(F)c1.I. The zero-order valence-corrected chi connectivity index (χ0v) is 18.5. The molecule has 0 saturated heterocycles. The number of nitrogens with zero attached hydrogens (tertiary/aromatic N) is 5. The van der Waals surface area contributed by atoms with Gasteiger partial charge in [-0.05, 0) is 30.7 Å². The van der Waals surface area contributed by atoms with E-state index in [1.165, 1.54) is 12.1 Å². The first-order valence-corrected chi connectivity index (χ1v) is 8.69. The number of nitrogens with one attached hydrogen (secondary N) is 1. The molecular formula is C20H24FIN6. The number of aliphatic imine (C=N–C) groups is 1. The lowest BCUT2D eigenvalue weighted by atomic mass is 10.2. The summed E-state index contributed by atoms with van der Waals surface area (Å²) in [5.74, 6) is 2.20. The van der Waals surface area contributed by atoms with Crippen LogP contribution < -0.4 is 5.32 Å². The second-order valence-electron chi connectivity index (χ2n) is 6.22. The van der Waals surface area contributed by atoms with Gasteiger partial charge in [-0.25, -0.2) is 14.4 Å². The van der Waals surface area contributed by atoms with E-state index in [2.05, 4.69) is 20.3 Å². The van der Waals surface area contributed by atoms with Gasteiger partial charge in [0.15, 0.2) is 5.96 Å². The highest BCUT2D eigenvalue weighted by Gasteiger charge is 2.11. The minimum Gasteiger partial charge on any atom is -0.352 e. The second-order valence-corrected chi connectivity index (χ2v) is 6.22.